The fourth-order valence-corrected chi connectivity index (χ4v) is 11.2. The highest BCUT2D eigenvalue weighted by molar-refractivity contribution is 6.12. The van der Waals surface area contributed by atoms with Gasteiger partial charge in [0, 0.05) is 59.0 Å². The molecule has 0 spiro atoms. The Bertz CT molecular complexity index is 2290. The third kappa shape index (κ3) is 16.0. The van der Waals surface area contributed by atoms with Crippen LogP contribution >= 0.6 is 0 Å². The Balaban J connectivity index is 0.951. The van der Waals surface area contributed by atoms with Crippen LogP contribution in [0, 0.1) is 23.7 Å². The summed E-state index contributed by atoms with van der Waals surface area (Å²) in [5.41, 5.74) is 1.35. The second kappa shape index (κ2) is 29.4. The van der Waals surface area contributed by atoms with Crippen molar-refractivity contribution >= 4 is 41.4 Å². The maximum atomic E-state index is 14.5. The number of carbonyl (C=O) groups excluding carboxylic acids is 7. The summed E-state index contributed by atoms with van der Waals surface area (Å²) in [5, 5.41) is 17.0. The number of amides is 7. The summed E-state index contributed by atoms with van der Waals surface area (Å²) < 4.78 is 30.6. The summed E-state index contributed by atoms with van der Waals surface area (Å²) in [6.07, 6.45) is 7.02. The molecule has 22 heteroatoms. The number of carbonyl (C=O) groups is 7. The second-order valence-corrected chi connectivity index (χ2v) is 21.3. The fraction of sp³-hybridized carbons (Fsp3) is 0.691. The number of likely N-dealkylation sites (tertiary alicyclic amines) is 1. The molecule has 4 fully saturated rings. The van der Waals surface area contributed by atoms with Gasteiger partial charge in [-0.1, -0.05) is 76.6 Å². The predicted molar refractivity (Wildman–Crippen MR) is 283 cm³/mol. The number of likely N-dealkylation sites (N-methyl/N-ethyl adjacent to an activating group) is 2. The highest BCUT2D eigenvalue weighted by Crippen LogP contribution is 2.44. The van der Waals surface area contributed by atoms with Crippen molar-refractivity contribution in [2.24, 2.45) is 23.7 Å². The molecule has 1 aromatic carbocycles. The lowest BCUT2D eigenvalue weighted by molar-refractivity contribution is -0.148. The quantitative estimate of drug-likeness (QED) is 0.0681. The van der Waals surface area contributed by atoms with E-state index in [-0.39, 0.29) is 92.5 Å². The van der Waals surface area contributed by atoms with Crippen molar-refractivity contribution in [3.8, 4) is 0 Å². The van der Waals surface area contributed by atoms with E-state index in [1.165, 1.54) is 19.3 Å². The molecular formula is C55H84N10O12. The Morgan fingerprint density at radius 2 is 1.52 bits per heavy atom. The summed E-state index contributed by atoms with van der Waals surface area (Å²) in [7, 11) is 6.81. The van der Waals surface area contributed by atoms with Gasteiger partial charge in [-0.3, -0.25) is 43.4 Å². The number of methoxy groups -OCH3 is 2. The number of aromatic nitrogens is 3. The lowest BCUT2D eigenvalue weighted by atomic mass is 9.82. The minimum atomic E-state index is -0.914. The van der Waals surface area contributed by atoms with Crippen molar-refractivity contribution in [1.82, 2.24) is 50.5 Å². The summed E-state index contributed by atoms with van der Waals surface area (Å²) in [6, 6.07) is 7.02. The van der Waals surface area contributed by atoms with Crippen molar-refractivity contribution in [2.75, 3.05) is 81.0 Å². The van der Waals surface area contributed by atoms with Gasteiger partial charge in [-0.2, -0.15) is 0 Å². The molecule has 2 aromatic rings. The van der Waals surface area contributed by atoms with Crippen LogP contribution in [0.2, 0.25) is 0 Å². The molecule has 4 aliphatic heterocycles. The number of rotatable bonds is 33. The van der Waals surface area contributed by atoms with Crippen molar-refractivity contribution in [3.63, 3.8) is 0 Å². The second-order valence-electron chi connectivity index (χ2n) is 21.3. The normalized spacial score (nSPS) is 21.8. The third-order valence-corrected chi connectivity index (χ3v) is 15.8. The Hall–Kier alpha value is -5.65. The van der Waals surface area contributed by atoms with Gasteiger partial charge in [0.1, 0.15) is 17.8 Å². The van der Waals surface area contributed by atoms with Crippen LogP contribution in [-0.2, 0) is 76.8 Å². The van der Waals surface area contributed by atoms with Crippen molar-refractivity contribution in [2.45, 2.75) is 141 Å². The third-order valence-electron chi connectivity index (χ3n) is 15.8. The average Bonchev–Trinajstić information content (AvgIpc) is 4.29. The molecule has 3 saturated heterocycles. The summed E-state index contributed by atoms with van der Waals surface area (Å²) >= 11 is 0. The highest BCUT2D eigenvalue weighted by Gasteiger charge is 2.52. The van der Waals surface area contributed by atoms with E-state index in [1.54, 1.807) is 41.8 Å². The molecule has 3 N–H and O–H groups in total. The number of hydrogen-bond acceptors (Lipinski definition) is 15. The van der Waals surface area contributed by atoms with Gasteiger partial charge in [0.15, 0.2) is 0 Å². The number of imide groups is 1. The number of benzene rings is 1. The van der Waals surface area contributed by atoms with E-state index in [2.05, 4.69) is 31.2 Å². The number of fused-ring (bicyclic) bond motifs is 1. The van der Waals surface area contributed by atoms with Crippen LogP contribution in [0.4, 0.5) is 0 Å². The molecule has 7 rings (SSSR count). The summed E-state index contributed by atoms with van der Waals surface area (Å²) in [5.74, 6) is -2.72. The zero-order chi connectivity index (χ0) is 55.8. The van der Waals surface area contributed by atoms with Crippen LogP contribution < -0.4 is 16.0 Å². The van der Waals surface area contributed by atoms with Gasteiger partial charge >= 0.3 is 0 Å². The highest BCUT2D eigenvalue weighted by atomic mass is 16.5. The first-order chi connectivity index (χ1) is 37.0. The number of nitrogens with one attached hydrogen (secondary N) is 3. The molecule has 7 amide bonds. The zero-order valence-corrected chi connectivity index (χ0v) is 46.6. The molecular weight excluding hydrogens is 993 g/mol. The van der Waals surface area contributed by atoms with E-state index >= 15 is 0 Å². The van der Waals surface area contributed by atoms with Crippen molar-refractivity contribution < 1.29 is 57.2 Å². The first kappa shape index (κ1) is 60.6. The Morgan fingerprint density at radius 1 is 0.857 bits per heavy atom. The Kier molecular flexibility index (Phi) is 23.1. The maximum absolute atomic E-state index is 14.5. The summed E-state index contributed by atoms with van der Waals surface area (Å²) in [4.78, 5) is 101. The minimum Gasteiger partial charge on any atom is -0.379 e. The van der Waals surface area contributed by atoms with Gasteiger partial charge in [0.05, 0.1) is 102 Å². The van der Waals surface area contributed by atoms with E-state index in [4.69, 9.17) is 23.7 Å². The van der Waals surface area contributed by atoms with Gasteiger partial charge < -0.3 is 49.4 Å². The standard InChI is InChI=1S/C55H84N10O12/c1-10-36(4)49(62(7)55(72)48(35(2)3)58-54(71)50-39-30-41(31-39)61(50)6)44(73-8)32-47(68)64-21-14-17-43(64)51(74-9)37(5)52(69)57-42(29-38-15-12-11-13-16-38)53(70)56-20-23-75-25-27-77-28-26-76-24-22-63-33-40(59-60-63)34-65-45(66)18-19-46(65)67/h11-13,15-16,18-19,33,35-37,39,41-44,48-51H,10,14,17,20-32,34H2,1-9H3,(H,56,70)(H,57,69)(H,58,71)/t36-,37+,39?,41?,42-,43-,44+,48-,49-,50-,51+/m0/s1. The van der Waals surface area contributed by atoms with Crippen LogP contribution in [0.15, 0.2) is 48.7 Å². The van der Waals surface area contributed by atoms with Crippen LogP contribution in [0.5, 0.6) is 0 Å². The molecule has 5 heterocycles. The predicted octanol–water partition coefficient (Wildman–Crippen LogP) is 1.75. The van der Waals surface area contributed by atoms with Crippen LogP contribution in [0.1, 0.15) is 84.4 Å². The molecule has 9 atom stereocenters. The molecule has 0 unspecified atom stereocenters. The first-order valence-electron chi connectivity index (χ1n) is 27.4. The van der Waals surface area contributed by atoms with Crippen molar-refractivity contribution in [3.05, 3.63) is 59.9 Å². The van der Waals surface area contributed by atoms with Gasteiger partial charge in [-0.15, -0.1) is 5.10 Å². The van der Waals surface area contributed by atoms with E-state index in [1.807, 2.05) is 65.1 Å². The lowest BCUT2D eigenvalue weighted by Crippen LogP contribution is -2.59. The Labute approximate surface area is 453 Å². The number of ether oxygens (including phenoxy) is 5. The van der Waals surface area contributed by atoms with E-state index in [0.717, 1.165) is 29.7 Å². The molecule has 77 heavy (non-hydrogen) atoms. The van der Waals surface area contributed by atoms with Crippen LogP contribution in [0.3, 0.4) is 0 Å². The first-order valence-corrected chi connectivity index (χ1v) is 27.4. The van der Waals surface area contributed by atoms with Gasteiger partial charge in [0.2, 0.25) is 29.5 Å². The average molecular weight is 1080 g/mol. The van der Waals surface area contributed by atoms with Gasteiger partial charge in [-0.05, 0) is 56.0 Å². The smallest absolute Gasteiger partial charge is 0.253 e. The van der Waals surface area contributed by atoms with Gasteiger partial charge in [0.25, 0.3) is 11.8 Å². The lowest BCUT2D eigenvalue weighted by Gasteiger charge is -2.41. The molecule has 2 bridgehead atoms. The topological polar surface area (TPSA) is 245 Å². The van der Waals surface area contributed by atoms with Gasteiger partial charge in [-0.25, -0.2) is 4.68 Å². The largest absolute Gasteiger partial charge is 0.379 e. The molecule has 0 radical (unpaired) electrons. The number of nitrogens with zero attached hydrogens (tertiary/aromatic N) is 7. The SMILES string of the molecule is CC[C@H](C)[C@@H]([C@@H](CC(=O)N1CCC[C@H]1[C@H](OC)[C@@H](C)C(=O)N[C@@H](Cc1ccccc1)C(=O)NCCOCCOCCOCCn1cc(CN2C(=O)C=CC2=O)nn1)OC)N(C)C(=O)[C@@H](NC(=O)[C@@H]1C2CC(C2)N1C)C(C)C. The van der Waals surface area contributed by atoms with E-state index in [9.17, 15) is 33.6 Å². The Morgan fingerprint density at radius 3 is 2.13 bits per heavy atom. The molecule has 1 aromatic heterocycles. The summed E-state index contributed by atoms with van der Waals surface area (Å²) in [6.45, 7) is 12.7. The molecule has 1 aliphatic carbocycles. The minimum absolute atomic E-state index is 0.0122. The molecule has 5 aliphatic rings. The van der Waals surface area contributed by atoms with E-state index < -0.39 is 48.2 Å². The molecule has 1 saturated carbocycles. The van der Waals surface area contributed by atoms with E-state index in [0.29, 0.717) is 70.0 Å². The van der Waals surface area contributed by atoms with Crippen LogP contribution in [-0.4, -0.2) is 205 Å². The van der Waals surface area contributed by atoms with Crippen LogP contribution in [0.25, 0.3) is 0 Å². The zero-order valence-electron chi connectivity index (χ0n) is 46.6. The maximum Gasteiger partial charge on any atom is 0.253 e. The monoisotopic (exact) mass is 1080 g/mol. The number of hydrogen-bond donors (Lipinski definition) is 3. The molecule has 426 valence electrons. The molecule has 22 nitrogen and oxygen atoms in total. The fourth-order valence-electron chi connectivity index (χ4n) is 11.2. The van der Waals surface area contributed by atoms with Crippen molar-refractivity contribution in [1.29, 1.82) is 0 Å².